The normalized spacial score (nSPS) is 26.3. The van der Waals surface area contributed by atoms with Crippen molar-refractivity contribution in [2.75, 3.05) is 26.7 Å². The highest BCUT2D eigenvalue weighted by Crippen LogP contribution is 2.59. The van der Waals surface area contributed by atoms with E-state index in [1.807, 2.05) is 58.0 Å². The number of carbonyl (C=O) groups excluding carboxylic acids is 4. The van der Waals surface area contributed by atoms with Gasteiger partial charge in [-0.05, 0) is 65.4 Å². The molecule has 0 radical (unpaired) electrons. The number of amides is 3. The highest BCUT2D eigenvalue weighted by Gasteiger charge is 2.75. The maximum atomic E-state index is 14.4. The molecule has 3 saturated heterocycles. The fourth-order valence-corrected chi connectivity index (χ4v) is 7.43. The minimum Gasteiger partial charge on any atom is -0.455 e. The van der Waals surface area contributed by atoms with Crippen LogP contribution in [0.5, 0.6) is 0 Å². The fourth-order valence-electron chi connectivity index (χ4n) is 7.43. The van der Waals surface area contributed by atoms with E-state index in [1.165, 1.54) is 0 Å². The van der Waals surface area contributed by atoms with Crippen molar-refractivity contribution in [1.82, 2.24) is 14.7 Å². The molecule has 10 heteroatoms. The van der Waals surface area contributed by atoms with Crippen LogP contribution in [0.2, 0.25) is 0 Å². The molecule has 7 atom stereocenters. The number of hydrogen-bond donors (Lipinski definition) is 1. The van der Waals surface area contributed by atoms with Crippen molar-refractivity contribution >= 4 is 23.7 Å². The number of likely N-dealkylation sites (N-methyl/N-ethyl adjacent to an activating group) is 1. The Bertz CT molecular complexity index is 1290. The molecule has 3 aliphatic rings. The average molecular weight is 638 g/mol. The lowest BCUT2D eigenvalue weighted by Gasteiger charge is -2.42. The van der Waals surface area contributed by atoms with Gasteiger partial charge in [-0.25, -0.2) is 0 Å². The van der Waals surface area contributed by atoms with Crippen molar-refractivity contribution in [2.45, 2.75) is 102 Å². The first-order chi connectivity index (χ1) is 21.8. The molecule has 0 saturated carbocycles. The van der Waals surface area contributed by atoms with Gasteiger partial charge >= 0.3 is 5.97 Å². The van der Waals surface area contributed by atoms with Gasteiger partial charge in [0.15, 0.2) is 0 Å². The van der Waals surface area contributed by atoms with Crippen LogP contribution in [0.15, 0.2) is 55.6 Å². The molecular formula is C36H51N3O7. The Morgan fingerprint density at radius 2 is 1.87 bits per heavy atom. The zero-order valence-electron chi connectivity index (χ0n) is 28.0. The van der Waals surface area contributed by atoms with Crippen LogP contribution in [0.3, 0.4) is 0 Å². The quantitative estimate of drug-likeness (QED) is 0.175. The van der Waals surface area contributed by atoms with Gasteiger partial charge in [-0.15, -0.1) is 13.2 Å². The van der Waals surface area contributed by atoms with E-state index in [0.29, 0.717) is 38.6 Å². The predicted molar refractivity (Wildman–Crippen MR) is 174 cm³/mol. The van der Waals surface area contributed by atoms with Gasteiger partial charge in [0, 0.05) is 38.7 Å². The van der Waals surface area contributed by atoms with E-state index in [9.17, 15) is 24.3 Å². The molecule has 252 valence electrons. The number of nitrogens with zero attached hydrogens (tertiary/aromatic N) is 3. The highest BCUT2D eigenvalue weighted by atomic mass is 16.6. The minimum absolute atomic E-state index is 0.0308. The van der Waals surface area contributed by atoms with Gasteiger partial charge in [-0.1, -0.05) is 42.5 Å². The van der Waals surface area contributed by atoms with Crippen LogP contribution in [0, 0.1) is 11.8 Å². The Labute approximate surface area is 273 Å². The molecule has 0 aromatic heterocycles. The third-order valence-electron chi connectivity index (χ3n) is 9.88. The number of esters is 1. The largest absolute Gasteiger partial charge is 0.455 e. The number of unbranched alkanes of at least 4 members (excludes halogenated alkanes) is 1. The Hall–Kier alpha value is -3.50. The number of fused-ring (bicyclic) bond motifs is 1. The van der Waals surface area contributed by atoms with Gasteiger partial charge in [0.1, 0.15) is 17.7 Å². The summed E-state index contributed by atoms with van der Waals surface area (Å²) < 4.78 is 12.9. The molecule has 1 aromatic carbocycles. The van der Waals surface area contributed by atoms with Crippen LogP contribution < -0.4 is 0 Å². The number of benzene rings is 1. The first-order valence-electron chi connectivity index (χ1n) is 16.5. The molecule has 3 fully saturated rings. The summed E-state index contributed by atoms with van der Waals surface area (Å²) >= 11 is 0. The maximum absolute atomic E-state index is 14.4. The van der Waals surface area contributed by atoms with E-state index in [-0.39, 0.29) is 37.3 Å². The smallest absolute Gasteiger partial charge is 0.313 e. The molecule has 1 aromatic rings. The van der Waals surface area contributed by atoms with Gasteiger partial charge in [0.2, 0.25) is 17.7 Å². The number of allylic oxidation sites excluding steroid dienone is 1. The molecule has 0 aliphatic carbocycles. The van der Waals surface area contributed by atoms with Crippen LogP contribution in [0.1, 0.15) is 77.9 Å². The molecule has 10 nitrogen and oxygen atoms in total. The summed E-state index contributed by atoms with van der Waals surface area (Å²) in [5.74, 6) is -2.99. The summed E-state index contributed by atoms with van der Waals surface area (Å²) in [6.07, 6.45) is 4.78. The van der Waals surface area contributed by atoms with Crippen molar-refractivity contribution < 1.29 is 33.8 Å². The first-order valence-corrected chi connectivity index (χ1v) is 16.5. The van der Waals surface area contributed by atoms with E-state index in [0.717, 1.165) is 5.56 Å². The molecular weight excluding hydrogens is 586 g/mol. The Morgan fingerprint density at radius 1 is 1.17 bits per heavy atom. The molecule has 3 amide bonds. The second-order valence-corrected chi connectivity index (χ2v) is 13.8. The van der Waals surface area contributed by atoms with Gasteiger partial charge in [0.05, 0.1) is 24.0 Å². The number of rotatable bonds is 15. The van der Waals surface area contributed by atoms with Gasteiger partial charge in [-0.3, -0.25) is 19.2 Å². The fraction of sp³-hybridized carbons (Fsp3) is 0.611. The van der Waals surface area contributed by atoms with Gasteiger partial charge in [0.25, 0.3) is 0 Å². The monoisotopic (exact) mass is 637 g/mol. The molecule has 46 heavy (non-hydrogen) atoms. The third-order valence-corrected chi connectivity index (χ3v) is 9.88. The van der Waals surface area contributed by atoms with E-state index in [2.05, 4.69) is 13.2 Å². The lowest BCUT2D eigenvalue weighted by molar-refractivity contribution is -0.164. The molecule has 3 heterocycles. The van der Waals surface area contributed by atoms with Gasteiger partial charge < -0.3 is 29.3 Å². The van der Waals surface area contributed by atoms with E-state index >= 15 is 0 Å². The van der Waals surface area contributed by atoms with Crippen molar-refractivity contribution in [3.8, 4) is 0 Å². The zero-order chi connectivity index (χ0) is 33.8. The van der Waals surface area contributed by atoms with Crippen LogP contribution in [0.25, 0.3) is 0 Å². The standard InChI is InChI=1S/C36H51N3O7/c1-8-10-18-27(41)37(7)24(3)30(25-16-12-11-13-17-25)45-34(44)28-26-19-20-36(46-26)29(28)32(42)38(22-14-15-23-40)31(36)33(43)39(21-9-2)35(4,5)6/h8-9,11-13,16-17,24,26,28-31,40H,1-2,10,14-15,18-23H2,3-7H3/t24-,26-,28+,29+,30+,31-,36+/m0/s1. The number of aliphatic hydroxyl groups is 1. The summed E-state index contributed by atoms with van der Waals surface area (Å²) in [5, 5.41) is 9.46. The van der Waals surface area contributed by atoms with Crippen LogP contribution in [0.4, 0.5) is 0 Å². The lowest BCUT2D eigenvalue weighted by atomic mass is 9.70. The Kier molecular flexibility index (Phi) is 11.2. The number of likely N-dealkylation sites (tertiary alicyclic amines) is 1. The number of carbonyl (C=O) groups is 4. The van der Waals surface area contributed by atoms with E-state index in [1.54, 1.807) is 33.9 Å². The van der Waals surface area contributed by atoms with Crippen molar-refractivity contribution in [3.05, 3.63) is 61.2 Å². The average Bonchev–Trinajstić information content (AvgIpc) is 3.67. The molecule has 1 N–H and O–H groups in total. The number of hydrogen-bond acceptors (Lipinski definition) is 7. The summed E-state index contributed by atoms with van der Waals surface area (Å²) in [6, 6.07) is 7.87. The Balaban J connectivity index is 1.68. The number of ether oxygens (including phenoxy) is 2. The van der Waals surface area contributed by atoms with Crippen LogP contribution in [-0.2, 0) is 28.7 Å². The van der Waals surface area contributed by atoms with Crippen molar-refractivity contribution in [3.63, 3.8) is 0 Å². The lowest BCUT2D eigenvalue weighted by Crippen LogP contribution is -2.59. The zero-order valence-corrected chi connectivity index (χ0v) is 28.0. The van der Waals surface area contributed by atoms with Crippen molar-refractivity contribution in [1.29, 1.82) is 0 Å². The van der Waals surface area contributed by atoms with Crippen molar-refractivity contribution in [2.24, 2.45) is 11.8 Å². The summed E-state index contributed by atoms with van der Waals surface area (Å²) in [4.78, 5) is 60.9. The Morgan fingerprint density at radius 3 is 2.48 bits per heavy atom. The molecule has 0 unspecified atom stereocenters. The van der Waals surface area contributed by atoms with E-state index in [4.69, 9.17) is 9.47 Å². The number of aliphatic hydroxyl groups excluding tert-OH is 1. The maximum Gasteiger partial charge on any atom is 0.313 e. The molecule has 3 aliphatic heterocycles. The summed E-state index contributed by atoms with van der Waals surface area (Å²) in [7, 11) is 1.70. The second kappa shape index (κ2) is 14.5. The highest BCUT2D eigenvalue weighted by molar-refractivity contribution is 5.98. The second-order valence-electron chi connectivity index (χ2n) is 13.8. The first kappa shape index (κ1) is 35.4. The third kappa shape index (κ3) is 6.65. The SMILES string of the molecule is C=CCCC(=O)N(C)[C@@H](C)[C@@H](OC(=O)[C@@H]1[C@@H]2CC[C@]3(O2)[C@H](C(=O)N(CC=C)C(C)(C)C)N(CCCCO)C(=O)[C@@H]13)c1ccccc1. The summed E-state index contributed by atoms with van der Waals surface area (Å²) in [5.41, 5.74) is -0.993. The topological polar surface area (TPSA) is 117 Å². The van der Waals surface area contributed by atoms with Crippen LogP contribution in [-0.4, -0.2) is 99.6 Å². The molecule has 2 bridgehead atoms. The molecule has 4 rings (SSSR count). The van der Waals surface area contributed by atoms with E-state index < -0.39 is 53.2 Å². The predicted octanol–water partition coefficient (Wildman–Crippen LogP) is 4.04. The van der Waals surface area contributed by atoms with Crippen LogP contribution >= 0.6 is 0 Å². The van der Waals surface area contributed by atoms with Gasteiger partial charge in [-0.2, -0.15) is 0 Å². The minimum atomic E-state index is -1.17. The molecule has 1 spiro atoms. The summed E-state index contributed by atoms with van der Waals surface area (Å²) in [6.45, 7) is 15.7.